The number of nitrogens with zero attached hydrogens (tertiary/aromatic N) is 2. The Kier molecular flexibility index (Phi) is 6.20. The third kappa shape index (κ3) is 5.47. The Bertz CT molecular complexity index is 434. The number of hydrogen-bond donors (Lipinski definition) is 2. The second-order valence-electron chi connectivity index (χ2n) is 5.41. The van der Waals surface area contributed by atoms with E-state index in [-0.39, 0.29) is 0 Å². The summed E-state index contributed by atoms with van der Waals surface area (Å²) < 4.78 is 11.3. The van der Waals surface area contributed by atoms with E-state index in [1.165, 1.54) is 0 Å². The molecule has 6 heteroatoms. The van der Waals surface area contributed by atoms with Gasteiger partial charge in [-0.2, -0.15) is 4.98 Å². The monoisotopic (exact) mass is 294 g/mol. The summed E-state index contributed by atoms with van der Waals surface area (Å²) in [6, 6.07) is 2.18. The standard InChI is InChI=1S/C15H26N4O2/c1-3-20-15-10-14(18-11(2)19-15)17-8-9-21-13-6-4-12(16)5-7-13/h10,12-13H,3-9,16H2,1-2H3,(H,17,18,19). The normalized spacial score (nSPS) is 22.0. The SMILES string of the molecule is CCOc1cc(NCCOC2CCC(N)CC2)nc(C)n1. The van der Waals surface area contributed by atoms with Gasteiger partial charge in [-0.3, -0.25) is 0 Å². The molecule has 0 amide bonds. The average Bonchev–Trinajstić information content (AvgIpc) is 2.45. The first kappa shape index (κ1) is 16.0. The van der Waals surface area contributed by atoms with E-state index >= 15 is 0 Å². The molecule has 6 nitrogen and oxygen atoms in total. The molecule has 0 spiro atoms. The van der Waals surface area contributed by atoms with E-state index in [0.29, 0.717) is 37.1 Å². The first-order valence-corrected chi connectivity index (χ1v) is 7.77. The van der Waals surface area contributed by atoms with Crippen molar-refractivity contribution in [3.05, 3.63) is 11.9 Å². The number of aromatic nitrogens is 2. The minimum absolute atomic E-state index is 0.359. The zero-order valence-electron chi connectivity index (χ0n) is 13.0. The first-order chi connectivity index (χ1) is 10.2. The molecule has 1 aromatic heterocycles. The van der Waals surface area contributed by atoms with Crippen LogP contribution in [0.2, 0.25) is 0 Å². The highest BCUT2D eigenvalue weighted by molar-refractivity contribution is 5.38. The maximum absolute atomic E-state index is 5.89. The number of aryl methyl sites for hydroxylation is 1. The zero-order chi connectivity index (χ0) is 15.1. The molecule has 1 aromatic rings. The van der Waals surface area contributed by atoms with Gasteiger partial charge in [0.1, 0.15) is 11.6 Å². The van der Waals surface area contributed by atoms with Crippen LogP contribution in [0, 0.1) is 6.92 Å². The van der Waals surface area contributed by atoms with E-state index in [4.69, 9.17) is 15.2 Å². The summed E-state index contributed by atoms with van der Waals surface area (Å²) in [4.78, 5) is 8.55. The molecule has 0 aliphatic heterocycles. The van der Waals surface area contributed by atoms with E-state index < -0.39 is 0 Å². The highest BCUT2D eigenvalue weighted by Crippen LogP contribution is 2.19. The van der Waals surface area contributed by atoms with Crippen molar-refractivity contribution in [2.45, 2.75) is 51.7 Å². The summed E-state index contributed by atoms with van der Waals surface area (Å²) >= 11 is 0. The first-order valence-electron chi connectivity index (χ1n) is 7.77. The summed E-state index contributed by atoms with van der Waals surface area (Å²) in [5.74, 6) is 2.08. The Morgan fingerprint density at radius 2 is 2.05 bits per heavy atom. The van der Waals surface area contributed by atoms with E-state index in [0.717, 1.165) is 38.0 Å². The molecule has 3 N–H and O–H groups in total. The van der Waals surface area contributed by atoms with Crippen LogP contribution in [-0.4, -0.2) is 41.9 Å². The summed E-state index contributed by atoms with van der Waals surface area (Å²) in [5, 5.41) is 3.25. The zero-order valence-corrected chi connectivity index (χ0v) is 13.0. The molecule has 0 saturated heterocycles. The van der Waals surface area contributed by atoms with Crippen LogP contribution in [0.5, 0.6) is 5.88 Å². The average molecular weight is 294 g/mol. The molecule has 0 radical (unpaired) electrons. The van der Waals surface area contributed by atoms with Gasteiger partial charge in [0, 0.05) is 18.7 Å². The van der Waals surface area contributed by atoms with Crippen molar-refractivity contribution >= 4 is 5.82 Å². The highest BCUT2D eigenvalue weighted by Gasteiger charge is 2.18. The van der Waals surface area contributed by atoms with Crippen LogP contribution in [0.25, 0.3) is 0 Å². The number of rotatable bonds is 7. The van der Waals surface area contributed by atoms with Crippen molar-refractivity contribution < 1.29 is 9.47 Å². The number of hydrogen-bond acceptors (Lipinski definition) is 6. The van der Waals surface area contributed by atoms with Crippen LogP contribution < -0.4 is 15.8 Å². The minimum Gasteiger partial charge on any atom is -0.478 e. The Morgan fingerprint density at radius 3 is 2.76 bits per heavy atom. The van der Waals surface area contributed by atoms with E-state index in [1.54, 1.807) is 0 Å². The molecule has 1 heterocycles. The second-order valence-corrected chi connectivity index (χ2v) is 5.41. The highest BCUT2D eigenvalue weighted by atomic mass is 16.5. The van der Waals surface area contributed by atoms with Gasteiger partial charge in [0.25, 0.3) is 0 Å². The fraction of sp³-hybridized carbons (Fsp3) is 0.733. The van der Waals surface area contributed by atoms with Gasteiger partial charge in [0.2, 0.25) is 5.88 Å². The molecular weight excluding hydrogens is 268 g/mol. The third-order valence-corrected chi connectivity index (χ3v) is 3.59. The van der Waals surface area contributed by atoms with Gasteiger partial charge in [-0.1, -0.05) is 0 Å². The van der Waals surface area contributed by atoms with Crippen molar-refractivity contribution in [2.75, 3.05) is 25.1 Å². The van der Waals surface area contributed by atoms with Gasteiger partial charge in [-0.25, -0.2) is 4.98 Å². The van der Waals surface area contributed by atoms with Crippen molar-refractivity contribution in [3.8, 4) is 5.88 Å². The topological polar surface area (TPSA) is 82.3 Å². The molecule has 21 heavy (non-hydrogen) atoms. The predicted molar refractivity (Wildman–Crippen MR) is 82.6 cm³/mol. The molecule has 1 fully saturated rings. The molecule has 0 bridgehead atoms. The van der Waals surface area contributed by atoms with E-state index in [9.17, 15) is 0 Å². The Morgan fingerprint density at radius 1 is 1.29 bits per heavy atom. The maximum atomic E-state index is 5.89. The lowest BCUT2D eigenvalue weighted by Gasteiger charge is -2.26. The van der Waals surface area contributed by atoms with Crippen molar-refractivity contribution in [3.63, 3.8) is 0 Å². The van der Waals surface area contributed by atoms with Crippen LogP contribution in [0.1, 0.15) is 38.4 Å². The lowest BCUT2D eigenvalue weighted by molar-refractivity contribution is 0.0313. The molecule has 0 aromatic carbocycles. The summed E-state index contributed by atoms with van der Waals surface area (Å²) in [6.07, 6.45) is 4.64. The van der Waals surface area contributed by atoms with Crippen LogP contribution in [-0.2, 0) is 4.74 Å². The Hall–Kier alpha value is -1.40. The summed E-state index contributed by atoms with van der Waals surface area (Å²) in [7, 11) is 0. The maximum Gasteiger partial charge on any atom is 0.218 e. The molecule has 0 atom stereocenters. The van der Waals surface area contributed by atoms with Crippen molar-refractivity contribution in [1.29, 1.82) is 0 Å². The van der Waals surface area contributed by atoms with Crippen LogP contribution in [0.3, 0.4) is 0 Å². The predicted octanol–water partition coefficient (Wildman–Crippen LogP) is 1.88. The Labute approximate surface area is 126 Å². The van der Waals surface area contributed by atoms with Crippen LogP contribution in [0.15, 0.2) is 6.07 Å². The quantitative estimate of drug-likeness (QED) is 0.747. The van der Waals surface area contributed by atoms with Crippen molar-refractivity contribution in [1.82, 2.24) is 9.97 Å². The third-order valence-electron chi connectivity index (χ3n) is 3.59. The second kappa shape index (κ2) is 8.14. The van der Waals surface area contributed by atoms with Gasteiger partial charge in [0.15, 0.2) is 0 Å². The van der Waals surface area contributed by atoms with Gasteiger partial charge >= 0.3 is 0 Å². The Balaban J connectivity index is 1.70. The fourth-order valence-corrected chi connectivity index (χ4v) is 2.51. The molecule has 2 rings (SSSR count). The molecule has 1 aliphatic rings. The van der Waals surface area contributed by atoms with E-state index in [1.807, 2.05) is 19.9 Å². The minimum atomic E-state index is 0.359. The van der Waals surface area contributed by atoms with Gasteiger partial charge in [-0.15, -0.1) is 0 Å². The molecule has 118 valence electrons. The number of nitrogens with one attached hydrogen (secondary N) is 1. The van der Waals surface area contributed by atoms with Gasteiger partial charge in [-0.05, 0) is 39.5 Å². The van der Waals surface area contributed by atoms with E-state index in [2.05, 4.69) is 15.3 Å². The smallest absolute Gasteiger partial charge is 0.218 e. The van der Waals surface area contributed by atoms with Crippen LogP contribution in [0.4, 0.5) is 5.82 Å². The number of anilines is 1. The lowest BCUT2D eigenvalue weighted by Crippen LogP contribution is -2.31. The number of nitrogens with two attached hydrogens (primary N) is 1. The number of ether oxygens (including phenoxy) is 2. The lowest BCUT2D eigenvalue weighted by atomic mass is 9.94. The van der Waals surface area contributed by atoms with Crippen molar-refractivity contribution in [2.24, 2.45) is 5.73 Å². The van der Waals surface area contributed by atoms with Gasteiger partial charge < -0.3 is 20.5 Å². The largest absolute Gasteiger partial charge is 0.478 e. The molecule has 0 unspecified atom stereocenters. The summed E-state index contributed by atoms with van der Waals surface area (Å²) in [6.45, 7) is 5.80. The fourth-order valence-electron chi connectivity index (χ4n) is 2.51. The molecular formula is C15H26N4O2. The molecule has 1 saturated carbocycles. The van der Waals surface area contributed by atoms with Gasteiger partial charge in [0.05, 0.1) is 19.3 Å². The molecule has 1 aliphatic carbocycles. The summed E-state index contributed by atoms with van der Waals surface area (Å²) in [5.41, 5.74) is 5.89. The van der Waals surface area contributed by atoms with Crippen LogP contribution >= 0.6 is 0 Å².